The van der Waals surface area contributed by atoms with E-state index in [-0.39, 0.29) is 0 Å². The molecule has 1 aromatic heterocycles. The van der Waals surface area contributed by atoms with Gasteiger partial charge in [-0.15, -0.1) is 0 Å². The molecule has 1 aromatic carbocycles. The van der Waals surface area contributed by atoms with E-state index in [0.29, 0.717) is 5.92 Å². The van der Waals surface area contributed by atoms with Gasteiger partial charge in [0.05, 0.1) is 11.0 Å². The molecule has 0 aliphatic carbocycles. The molecule has 2 aromatic rings. The maximum Gasteiger partial charge on any atom is 0.201 e. The van der Waals surface area contributed by atoms with Crippen LogP contribution in [0.15, 0.2) is 24.3 Å². The van der Waals surface area contributed by atoms with Gasteiger partial charge in [-0.05, 0) is 37.3 Å². The average molecular weight is 289 g/mol. The molecule has 0 unspecified atom stereocenters. The topological polar surface area (TPSA) is 59.2 Å². The van der Waals surface area contributed by atoms with E-state index >= 15 is 0 Å². The second kappa shape index (κ2) is 7.43. The summed E-state index contributed by atoms with van der Waals surface area (Å²) in [4.78, 5) is 7.74. The fraction of sp³-hybridized carbons (Fsp3) is 0.562. The molecule has 21 heavy (non-hydrogen) atoms. The highest BCUT2D eigenvalue weighted by molar-refractivity contribution is 5.77. The predicted molar refractivity (Wildman–Crippen MR) is 83.6 cm³/mol. The molecule has 3 rings (SSSR count). The number of aromatic amines is 1. The van der Waals surface area contributed by atoms with E-state index in [2.05, 4.69) is 15.3 Å². The molecule has 0 atom stereocenters. The smallest absolute Gasteiger partial charge is 0.201 e. The third kappa shape index (κ3) is 4.19. The van der Waals surface area contributed by atoms with E-state index < -0.39 is 0 Å². The van der Waals surface area contributed by atoms with Gasteiger partial charge in [0.15, 0.2) is 0 Å². The molecule has 0 radical (unpaired) electrons. The molecular formula is C16H23N3O2. The quantitative estimate of drug-likeness (QED) is 0.770. The first-order valence-electron chi connectivity index (χ1n) is 7.76. The van der Waals surface area contributed by atoms with Crippen molar-refractivity contribution < 1.29 is 9.47 Å². The van der Waals surface area contributed by atoms with Crippen LogP contribution < -0.4 is 5.32 Å². The summed E-state index contributed by atoms with van der Waals surface area (Å²) in [7, 11) is 0. The van der Waals surface area contributed by atoms with Crippen LogP contribution in [0.2, 0.25) is 0 Å². The van der Waals surface area contributed by atoms with Crippen molar-refractivity contribution in [3.8, 4) is 0 Å². The maximum absolute atomic E-state index is 5.74. The molecule has 0 amide bonds. The Labute approximate surface area is 125 Å². The number of nitrogens with one attached hydrogen (secondary N) is 2. The Balaban J connectivity index is 1.31. The van der Waals surface area contributed by atoms with Gasteiger partial charge in [0.2, 0.25) is 5.95 Å². The lowest BCUT2D eigenvalue weighted by Gasteiger charge is -2.21. The number of anilines is 1. The fourth-order valence-corrected chi connectivity index (χ4v) is 2.58. The van der Waals surface area contributed by atoms with Crippen LogP contribution >= 0.6 is 0 Å². The summed E-state index contributed by atoms with van der Waals surface area (Å²) < 4.78 is 11.1. The largest absolute Gasteiger partial charge is 0.381 e. The number of nitrogens with zero attached hydrogens (tertiary/aromatic N) is 1. The third-order valence-corrected chi connectivity index (χ3v) is 3.84. The number of rotatable bonds is 7. The highest BCUT2D eigenvalue weighted by Crippen LogP contribution is 2.15. The summed E-state index contributed by atoms with van der Waals surface area (Å²) in [6.07, 6.45) is 3.26. The summed E-state index contributed by atoms with van der Waals surface area (Å²) in [6, 6.07) is 8.05. The van der Waals surface area contributed by atoms with Crippen LogP contribution in [0.3, 0.4) is 0 Å². The zero-order valence-electron chi connectivity index (χ0n) is 12.3. The SMILES string of the molecule is c1ccc2[nH]c(NCCCOCC3CCOCC3)nc2c1. The first-order chi connectivity index (χ1) is 10.4. The third-order valence-electron chi connectivity index (χ3n) is 3.84. The van der Waals surface area contributed by atoms with Gasteiger partial charge >= 0.3 is 0 Å². The van der Waals surface area contributed by atoms with Crippen LogP contribution in [0.4, 0.5) is 5.95 Å². The monoisotopic (exact) mass is 289 g/mol. The van der Waals surface area contributed by atoms with Crippen molar-refractivity contribution in [1.82, 2.24) is 9.97 Å². The van der Waals surface area contributed by atoms with Crippen molar-refractivity contribution in [2.45, 2.75) is 19.3 Å². The zero-order valence-corrected chi connectivity index (χ0v) is 12.3. The van der Waals surface area contributed by atoms with Gasteiger partial charge in [-0.2, -0.15) is 0 Å². The zero-order chi connectivity index (χ0) is 14.3. The summed E-state index contributed by atoms with van der Waals surface area (Å²) >= 11 is 0. The van der Waals surface area contributed by atoms with E-state index in [9.17, 15) is 0 Å². The minimum atomic E-state index is 0.682. The lowest BCUT2D eigenvalue weighted by Crippen LogP contribution is -2.20. The molecule has 5 nitrogen and oxygen atoms in total. The number of hydrogen-bond donors (Lipinski definition) is 2. The minimum Gasteiger partial charge on any atom is -0.381 e. The van der Waals surface area contributed by atoms with Crippen LogP contribution in [0, 0.1) is 5.92 Å². The first kappa shape index (κ1) is 14.4. The second-order valence-electron chi connectivity index (χ2n) is 5.51. The number of H-pyrrole nitrogens is 1. The number of hydrogen-bond acceptors (Lipinski definition) is 4. The molecule has 1 saturated heterocycles. The van der Waals surface area contributed by atoms with Crippen molar-refractivity contribution in [2.75, 3.05) is 38.3 Å². The molecule has 1 aliphatic heterocycles. The van der Waals surface area contributed by atoms with E-state index in [1.54, 1.807) is 0 Å². The summed E-state index contributed by atoms with van der Waals surface area (Å²) in [5.74, 6) is 1.52. The van der Waals surface area contributed by atoms with E-state index in [4.69, 9.17) is 9.47 Å². The summed E-state index contributed by atoms with van der Waals surface area (Å²) in [5.41, 5.74) is 2.06. The summed E-state index contributed by atoms with van der Waals surface area (Å²) in [6.45, 7) is 4.31. The molecule has 2 N–H and O–H groups in total. The number of aromatic nitrogens is 2. The Morgan fingerprint density at radius 2 is 2.14 bits per heavy atom. The molecule has 2 heterocycles. The van der Waals surface area contributed by atoms with Crippen LogP contribution in [0.25, 0.3) is 11.0 Å². The van der Waals surface area contributed by atoms with E-state index in [1.165, 1.54) is 0 Å². The number of fused-ring (bicyclic) bond motifs is 1. The Kier molecular flexibility index (Phi) is 5.08. The fourth-order valence-electron chi connectivity index (χ4n) is 2.58. The van der Waals surface area contributed by atoms with Crippen molar-refractivity contribution in [1.29, 1.82) is 0 Å². The Morgan fingerprint density at radius 1 is 1.29 bits per heavy atom. The molecule has 0 spiro atoms. The van der Waals surface area contributed by atoms with Gasteiger partial charge in [0.1, 0.15) is 0 Å². The van der Waals surface area contributed by atoms with Gasteiger partial charge < -0.3 is 19.8 Å². The van der Waals surface area contributed by atoms with Crippen LogP contribution in [-0.2, 0) is 9.47 Å². The Hall–Kier alpha value is -1.59. The Bertz CT molecular complexity index is 516. The lowest BCUT2D eigenvalue weighted by molar-refractivity contribution is 0.0206. The van der Waals surface area contributed by atoms with Crippen LogP contribution in [-0.4, -0.2) is 42.9 Å². The van der Waals surface area contributed by atoms with Crippen molar-refractivity contribution in [3.63, 3.8) is 0 Å². The maximum atomic E-state index is 5.74. The highest BCUT2D eigenvalue weighted by Gasteiger charge is 2.13. The molecular weight excluding hydrogens is 266 g/mol. The highest BCUT2D eigenvalue weighted by atomic mass is 16.5. The van der Waals surface area contributed by atoms with E-state index in [0.717, 1.165) is 69.2 Å². The van der Waals surface area contributed by atoms with Gasteiger partial charge in [0, 0.05) is 33.0 Å². The molecule has 1 fully saturated rings. The Morgan fingerprint density at radius 3 is 3.00 bits per heavy atom. The van der Waals surface area contributed by atoms with Gasteiger partial charge in [-0.1, -0.05) is 12.1 Å². The minimum absolute atomic E-state index is 0.682. The van der Waals surface area contributed by atoms with Gasteiger partial charge in [0.25, 0.3) is 0 Å². The second-order valence-corrected chi connectivity index (χ2v) is 5.51. The van der Waals surface area contributed by atoms with Crippen LogP contribution in [0.5, 0.6) is 0 Å². The first-order valence-corrected chi connectivity index (χ1v) is 7.76. The number of para-hydroxylation sites is 2. The lowest BCUT2D eigenvalue weighted by atomic mass is 10.0. The molecule has 0 saturated carbocycles. The molecule has 114 valence electrons. The average Bonchev–Trinajstić information content (AvgIpc) is 2.94. The number of ether oxygens (including phenoxy) is 2. The molecule has 1 aliphatic rings. The van der Waals surface area contributed by atoms with Gasteiger partial charge in [-0.25, -0.2) is 4.98 Å². The van der Waals surface area contributed by atoms with Crippen LogP contribution in [0.1, 0.15) is 19.3 Å². The number of imidazole rings is 1. The van der Waals surface area contributed by atoms with Crippen molar-refractivity contribution >= 4 is 17.0 Å². The predicted octanol–water partition coefficient (Wildman–Crippen LogP) is 2.81. The molecule has 5 heteroatoms. The van der Waals surface area contributed by atoms with Gasteiger partial charge in [-0.3, -0.25) is 0 Å². The van der Waals surface area contributed by atoms with E-state index in [1.807, 2.05) is 24.3 Å². The standard InChI is InChI=1S/C16H23N3O2/c1-2-5-15-14(4-1)18-16(19-15)17-8-3-9-21-12-13-6-10-20-11-7-13/h1-2,4-5,13H,3,6-12H2,(H2,17,18,19). The summed E-state index contributed by atoms with van der Waals surface area (Å²) in [5, 5.41) is 3.31. The normalized spacial score (nSPS) is 16.4. The molecule has 0 bridgehead atoms. The van der Waals surface area contributed by atoms with Crippen molar-refractivity contribution in [3.05, 3.63) is 24.3 Å². The van der Waals surface area contributed by atoms with Crippen molar-refractivity contribution in [2.24, 2.45) is 5.92 Å². The number of benzene rings is 1.